The summed E-state index contributed by atoms with van der Waals surface area (Å²) in [7, 11) is -3.68. The van der Waals surface area contributed by atoms with Crippen molar-refractivity contribution < 1.29 is 26.3 Å². The summed E-state index contributed by atoms with van der Waals surface area (Å²) in [5, 5.41) is 0. The molecule has 1 aromatic heterocycles. The highest BCUT2D eigenvalue weighted by atomic mass is 32.2. The SMILES string of the molecule is O=S(=O)(c1ccc2c(c1)CCCC2)N1CCC(Oc2cc(C(F)(F)F)ccn2)C1. The minimum absolute atomic E-state index is 0.0807. The Labute approximate surface area is 167 Å². The summed E-state index contributed by atoms with van der Waals surface area (Å²) >= 11 is 0. The van der Waals surface area contributed by atoms with Crippen LogP contribution in [0.25, 0.3) is 0 Å². The van der Waals surface area contributed by atoms with Crippen molar-refractivity contribution in [2.24, 2.45) is 0 Å². The summed E-state index contributed by atoms with van der Waals surface area (Å²) in [6, 6.07) is 6.99. The van der Waals surface area contributed by atoms with Crippen LogP contribution in [0.2, 0.25) is 0 Å². The standard InChI is InChI=1S/C20H21F3N2O3S/c21-20(22,23)16-7-9-24-19(12-16)28-17-8-10-25(13-17)29(26,27)18-6-5-14-3-1-2-4-15(14)11-18/h5-7,9,11-12,17H,1-4,8,10,13H2. The van der Waals surface area contributed by atoms with Gasteiger partial charge in [-0.15, -0.1) is 0 Å². The molecule has 1 aliphatic heterocycles. The van der Waals surface area contributed by atoms with E-state index < -0.39 is 27.9 Å². The Balaban J connectivity index is 1.47. The van der Waals surface area contributed by atoms with Crippen molar-refractivity contribution >= 4 is 10.0 Å². The van der Waals surface area contributed by atoms with E-state index >= 15 is 0 Å². The van der Waals surface area contributed by atoms with Crippen LogP contribution in [0.1, 0.15) is 36.0 Å². The molecular formula is C20H21F3N2O3S. The highest BCUT2D eigenvalue weighted by molar-refractivity contribution is 7.89. The van der Waals surface area contributed by atoms with Gasteiger partial charge in [-0.05, 0) is 61.4 Å². The Morgan fingerprint density at radius 1 is 1.07 bits per heavy atom. The first-order chi connectivity index (χ1) is 13.7. The highest BCUT2D eigenvalue weighted by Crippen LogP contribution is 2.32. The number of benzene rings is 1. The van der Waals surface area contributed by atoms with Crippen LogP contribution in [0.15, 0.2) is 41.4 Å². The molecule has 0 radical (unpaired) electrons. The lowest BCUT2D eigenvalue weighted by Gasteiger charge is -2.20. The average molecular weight is 426 g/mol. The van der Waals surface area contributed by atoms with Crippen LogP contribution in [0.3, 0.4) is 0 Å². The molecule has 1 aromatic carbocycles. The number of rotatable bonds is 4. The van der Waals surface area contributed by atoms with Gasteiger partial charge in [0.1, 0.15) is 6.10 Å². The molecule has 1 aliphatic carbocycles. The number of hydrogen-bond donors (Lipinski definition) is 0. The molecule has 0 bridgehead atoms. The fourth-order valence-corrected chi connectivity index (χ4v) is 5.39. The molecule has 1 fully saturated rings. The zero-order valence-corrected chi connectivity index (χ0v) is 16.5. The van der Waals surface area contributed by atoms with Crippen molar-refractivity contribution in [1.29, 1.82) is 0 Å². The van der Waals surface area contributed by atoms with Gasteiger partial charge in [0.25, 0.3) is 0 Å². The lowest BCUT2D eigenvalue weighted by molar-refractivity contribution is -0.137. The van der Waals surface area contributed by atoms with Gasteiger partial charge in [0.2, 0.25) is 15.9 Å². The second kappa shape index (κ2) is 7.60. The number of pyridine rings is 1. The van der Waals surface area contributed by atoms with E-state index in [1.807, 2.05) is 6.07 Å². The van der Waals surface area contributed by atoms with E-state index in [1.54, 1.807) is 12.1 Å². The van der Waals surface area contributed by atoms with E-state index in [0.29, 0.717) is 6.42 Å². The maximum absolute atomic E-state index is 13.0. The Morgan fingerprint density at radius 2 is 1.83 bits per heavy atom. The van der Waals surface area contributed by atoms with Gasteiger partial charge in [0.15, 0.2) is 0 Å². The van der Waals surface area contributed by atoms with E-state index in [2.05, 4.69) is 4.98 Å². The maximum Gasteiger partial charge on any atom is 0.416 e. The smallest absolute Gasteiger partial charge is 0.416 e. The molecule has 0 N–H and O–H groups in total. The summed E-state index contributed by atoms with van der Waals surface area (Å²) < 4.78 is 71.4. The van der Waals surface area contributed by atoms with Gasteiger partial charge in [-0.3, -0.25) is 0 Å². The van der Waals surface area contributed by atoms with Crippen molar-refractivity contribution in [2.75, 3.05) is 13.1 Å². The second-order valence-corrected chi connectivity index (χ2v) is 9.35. The van der Waals surface area contributed by atoms with Crippen molar-refractivity contribution in [3.63, 3.8) is 0 Å². The minimum Gasteiger partial charge on any atom is -0.473 e. The Morgan fingerprint density at radius 3 is 2.59 bits per heavy atom. The van der Waals surface area contributed by atoms with Crippen molar-refractivity contribution in [3.05, 3.63) is 53.2 Å². The van der Waals surface area contributed by atoms with Crippen LogP contribution in [-0.4, -0.2) is 36.9 Å². The van der Waals surface area contributed by atoms with Crippen LogP contribution >= 0.6 is 0 Å². The quantitative estimate of drug-likeness (QED) is 0.746. The summed E-state index contributed by atoms with van der Waals surface area (Å²) in [4.78, 5) is 4.08. The minimum atomic E-state index is -4.49. The summed E-state index contributed by atoms with van der Waals surface area (Å²) in [6.45, 7) is 0.334. The molecule has 9 heteroatoms. The van der Waals surface area contributed by atoms with Crippen LogP contribution in [-0.2, 0) is 29.0 Å². The Hall–Kier alpha value is -2.13. The molecule has 29 heavy (non-hydrogen) atoms. The second-order valence-electron chi connectivity index (χ2n) is 7.41. The van der Waals surface area contributed by atoms with Crippen molar-refractivity contribution in [2.45, 2.75) is 49.3 Å². The third-order valence-electron chi connectivity index (χ3n) is 5.42. The zero-order chi connectivity index (χ0) is 20.6. The van der Waals surface area contributed by atoms with Gasteiger partial charge >= 0.3 is 6.18 Å². The molecule has 0 amide bonds. The monoisotopic (exact) mass is 426 g/mol. The predicted molar refractivity (Wildman–Crippen MR) is 100 cm³/mol. The van der Waals surface area contributed by atoms with Crippen molar-refractivity contribution in [1.82, 2.24) is 9.29 Å². The first-order valence-corrected chi connectivity index (χ1v) is 11.0. The van der Waals surface area contributed by atoms with Gasteiger partial charge in [0, 0.05) is 18.8 Å². The molecule has 0 saturated carbocycles. The van der Waals surface area contributed by atoms with E-state index in [1.165, 1.54) is 9.87 Å². The molecule has 5 nitrogen and oxygen atoms in total. The number of fused-ring (bicyclic) bond motifs is 1. The van der Waals surface area contributed by atoms with E-state index in [0.717, 1.165) is 49.6 Å². The van der Waals surface area contributed by atoms with E-state index in [-0.39, 0.29) is 23.9 Å². The summed E-state index contributed by atoms with van der Waals surface area (Å²) in [5.41, 5.74) is 1.44. The normalized spacial score (nSPS) is 20.4. The van der Waals surface area contributed by atoms with Crippen LogP contribution in [0.4, 0.5) is 13.2 Å². The fraction of sp³-hybridized carbons (Fsp3) is 0.450. The van der Waals surface area contributed by atoms with Crippen molar-refractivity contribution in [3.8, 4) is 5.88 Å². The molecule has 1 atom stereocenters. The molecule has 1 saturated heterocycles. The molecule has 2 heterocycles. The average Bonchev–Trinajstić information content (AvgIpc) is 3.16. The first kappa shape index (κ1) is 20.2. The van der Waals surface area contributed by atoms with E-state index in [9.17, 15) is 21.6 Å². The summed E-state index contributed by atoms with van der Waals surface area (Å²) in [5.74, 6) is -0.155. The van der Waals surface area contributed by atoms with Gasteiger partial charge in [-0.25, -0.2) is 13.4 Å². The van der Waals surface area contributed by atoms with Crippen LogP contribution < -0.4 is 4.74 Å². The first-order valence-electron chi connectivity index (χ1n) is 9.55. The lowest BCUT2D eigenvalue weighted by Crippen LogP contribution is -2.31. The molecule has 2 aliphatic rings. The van der Waals surface area contributed by atoms with Gasteiger partial charge in [0.05, 0.1) is 17.0 Å². The largest absolute Gasteiger partial charge is 0.473 e. The number of halogens is 3. The third-order valence-corrected chi connectivity index (χ3v) is 7.28. The van der Waals surface area contributed by atoms with Crippen LogP contribution in [0, 0.1) is 0 Å². The number of nitrogens with zero attached hydrogens (tertiary/aromatic N) is 2. The van der Waals surface area contributed by atoms with Gasteiger partial charge in [-0.1, -0.05) is 6.07 Å². The summed E-state index contributed by atoms with van der Waals surface area (Å²) in [6.07, 6.45) is 0.423. The number of ether oxygens (including phenoxy) is 1. The third kappa shape index (κ3) is 4.25. The maximum atomic E-state index is 13.0. The Bertz CT molecular complexity index is 1010. The predicted octanol–water partition coefficient (Wildman–Crippen LogP) is 3.82. The molecule has 1 unspecified atom stereocenters. The van der Waals surface area contributed by atoms with E-state index in [4.69, 9.17) is 4.74 Å². The van der Waals surface area contributed by atoms with Gasteiger partial charge in [-0.2, -0.15) is 17.5 Å². The van der Waals surface area contributed by atoms with Gasteiger partial charge < -0.3 is 4.74 Å². The number of hydrogen-bond acceptors (Lipinski definition) is 4. The number of sulfonamides is 1. The molecule has 4 rings (SSSR count). The Kier molecular flexibility index (Phi) is 5.29. The lowest BCUT2D eigenvalue weighted by atomic mass is 9.92. The molecule has 156 valence electrons. The fourth-order valence-electron chi connectivity index (χ4n) is 3.85. The number of aromatic nitrogens is 1. The van der Waals surface area contributed by atoms with Crippen LogP contribution in [0.5, 0.6) is 5.88 Å². The number of aryl methyl sites for hydroxylation is 2. The topological polar surface area (TPSA) is 59.5 Å². The molecule has 0 spiro atoms. The molecular weight excluding hydrogens is 405 g/mol. The highest BCUT2D eigenvalue weighted by Gasteiger charge is 2.35. The molecule has 2 aromatic rings. The zero-order valence-electron chi connectivity index (χ0n) is 15.7. The number of alkyl halides is 3.